The molecule has 0 atom stereocenters. The highest BCUT2D eigenvalue weighted by Crippen LogP contribution is 2.23. The van der Waals surface area contributed by atoms with Gasteiger partial charge in [0, 0.05) is 35.6 Å². The van der Waals surface area contributed by atoms with Gasteiger partial charge < -0.3 is 20.5 Å². The van der Waals surface area contributed by atoms with Gasteiger partial charge in [0.15, 0.2) is 0 Å². The van der Waals surface area contributed by atoms with Crippen LogP contribution in [0.25, 0.3) is 11.1 Å². The molecule has 2 amide bonds. The van der Waals surface area contributed by atoms with Crippen LogP contribution in [0.1, 0.15) is 15.9 Å². The number of nitrogens with one attached hydrogen (secondary N) is 2. The van der Waals surface area contributed by atoms with E-state index >= 15 is 0 Å². The lowest BCUT2D eigenvalue weighted by atomic mass is 10.1. The van der Waals surface area contributed by atoms with Gasteiger partial charge in [-0.05, 0) is 35.4 Å². The van der Waals surface area contributed by atoms with Gasteiger partial charge in [-0.1, -0.05) is 48.5 Å². The van der Waals surface area contributed by atoms with Crippen LogP contribution >= 0.6 is 0 Å². The van der Waals surface area contributed by atoms with Crippen molar-refractivity contribution in [2.75, 3.05) is 43.5 Å². The van der Waals surface area contributed by atoms with Gasteiger partial charge in [-0.3, -0.25) is 14.5 Å². The summed E-state index contributed by atoms with van der Waals surface area (Å²) in [5.74, 6) is -0.490. The average Bonchev–Trinajstić information content (AvgIpc) is 2.85. The number of aliphatic hydroxyl groups is 1. The van der Waals surface area contributed by atoms with Crippen molar-refractivity contribution in [2.24, 2.45) is 0 Å². The van der Waals surface area contributed by atoms with Crippen LogP contribution < -0.4 is 10.6 Å². The summed E-state index contributed by atoms with van der Waals surface area (Å²) >= 11 is 0. The lowest BCUT2D eigenvalue weighted by Gasteiger charge is -2.26. The molecular formula is C26H27N3O4. The third-order valence-electron chi connectivity index (χ3n) is 5.54. The second-order valence-electron chi connectivity index (χ2n) is 7.86. The van der Waals surface area contributed by atoms with Crippen LogP contribution in [0.5, 0.6) is 0 Å². The summed E-state index contributed by atoms with van der Waals surface area (Å²) in [7, 11) is 0. The highest BCUT2D eigenvalue weighted by molar-refractivity contribution is 6.05. The van der Waals surface area contributed by atoms with Crippen LogP contribution in [0, 0.1) is 0 Å². The zero-order valence-corrected chi connectivity index (χ0v) is 18.3. The Bertz CT molecular complexity index is 1090. The predicted molar refractivity (Wildman–Crippen MR) is 128 cm³/mol. The summed E-state index contributed by atoms with van der Waals surface area (Å²) < 4.78 is 5.31. The lowest BCUT2D eigenvalue weighted by Crippen LogP contribution is -2.41. The number of hydrogen-bond acceptors (Lipinski definition) is 5. The standard InChI is InChI=1S/C26H27N3O4/c30-18-22-7-6-21(16-24(22)28-25(31)17-29-12-14-33-15-13-29)26(32)27-23-10-8-20(9-11-23)19-4-2-1-3-5-19/h1-11,16,30H,12-15,17-18H2,(H,27,32)(H,28,31). The number of carbonyl (C=O) groups excluding carboxylic acids is 2. The Hall–Kier alpha value is -3.52. The number of anilines is 2. The Kier molecular flexibility index (Phi) is 7.47. The first-order chi connectivity index (χ1) is 16.1. The van der Waals surface area contributed by atoms with Gasteiger partial charge in [0.25, 0.3) is 5.91 Å². The molecule has 0 spiro atoms. The van der Waals surface area contributed by atoms with Gasteiger partial charge in [0.1, 0.15) is 0 Å². The number of amides is 2. The van der Waals surface area contributed by atoms with Crippen LogP contribution in [-0.2, 0) is 16.1 Å². The third kappa shape index (κ3) is 6.04. The van der Waals surface area contributed by atoms with E-state index in [4.69, 9.17) is 4.74 Å². The molecule has 33 heavy (non-hydrogen) atoms. The van der Waals surface area contributed by atoms with Gasteiger partial charge in [-0.25, -0.2) is 0 Å². The largest absolute Gasteiger partial charge is 0.392 e. The minimum Gasteiger partial charge on any atom is -0.392 e. The van der Waals surface area contributed by atoms with Crippen molar-refractivity contribution in [2.45, 2.75) is 6.61 Å². The van der Waals surface area contributed by atoms with Crippen molar-refractivity contribution in [3.8, 4) is 11.1 Å². The monoisotopic (exact) mass is 445 g/mol. The number of morpholine rings is 1. The number of carbonyl (C=O) groups is 2. The van der Waals surface area contributed by atoms with Gasteiger partial charge in [0.05, 0.1) is 26.4 Å². The predicted octanol–water partition coefficient (Wildman–Crippen LogP) is 3.37. The van der Waals surface area contributed by atoms with Crippen molar-refractivity contribution >= 4 is 23.2 Å². The maximum Gasteiger partial charge on any atom is 0.255 e. The van der Waals surface area contributed by atoms with Crippen LogP contribution in [0.4, 0.5) is 11.4 Å². The number of hydrogen-bond donors (Lipinski definition) is 3. The van der Waals surface area contributed by atoms with Crippen molar-refractivity contribution in [1.82, 2.24) is 4.90 Å². The minimum absolute atomic E-state index is 0.194. The molecule has 1 aliphatic heterocycles. The summed E-state index contributed by atoms with van der Waals surface area (Å²) in [4.78, 5) is 27.3. The first-order valence-electron chi connectivity index (χ1n) is 10.9. The summed E-state index contributed by atoms with van der Waals surface area (Å²) in [6.45, 7) is 2.61. The summed E-state index contributed by atoms with van der Waals surface area (Å²) in [6.07, 6.45) is 0. The SMILES string of the molecule is O=C(CN1CCOCC1)Nc1cc(C(=O)Nc2ccc(-c3ccccc3)cc2)ccc1CO. The van der Waals surface area contributed by atoms with E-state index in [1.807, 2.05) is 59.5 Å². The Balaban J connectivity index is 1.42. The summed E-state index contributed by atoms with van der Waals surface area (Å²) in [5, 5.41) is 15.4. The van der Waals surface area contributed by atoms with Crippen LogP contribution in [0.2, 0.25) is 0 Å². The Morgan fingerprint density at radius 1 is 0.879 bits per heavy atom. The fraction of sp³-hybridized carbons (Fsp3) is 0.231. The fourth-order valence-electron chi connectivity index (χ4n) is 3.70. The highest BCUT2D eigenvalue weighted by atomic mass is 16.5. The summed E-state index contributed by atoms with van der Waals surface area (Å²) in [6, 6.07) is 22.5. The van der Waals surface area contributed by atoms with E-state index in [-0.39, 0.29) is 25.0 Å². The second-order valence-corrected chi connectivity index (χ2v) is 7.86. The van der Waals surface area contributed by atoms with Crippen molar-refractivity contribution < 1.29 is 19.4 Å². The minimum atomic E-state index is -0.296. The van der Waals surface area contributed by atoms with Crippen LogP contribution in [-0.4, -0.2) is 54.7 Å². The molecule has 1 saturated heterocycles. The molecule has 0 radical (unpaired) electrons. The maximum atomic E-state index is 12.8. The van der Waals surface area contributed by atoms with E-state index in [9.17, 15) is 14.7 Å². The number of ether oxygens (including phenoxy) is 1. The smallest absolute Gasteiger partial charge is 0.255 e. The van der Waals surface area contributed by atoms with Gasteiger partial charge in [-0.2, -0.15) is 0 Å². The lowest BCUT2D eigenvalue weighted by molar-refractivity contribution is -0.118. The molecule has 1 heterocycles. The fourth-order valence-corrected chi connectivity index (χ4v) is 3.70. The van der Waals surface area contributed by atoms with Crippen LogP contribution in [0.3, 0.4) is 0 Å². The molecule has 7 nitrogen and oxygen atoms in total. The molecule has 0 aliphatic carbocycles. The Labute approximate surface area is 193 Å². The van der Waals surface area contributed by atoms with E-state index in [0.29, 0.717) is 48.8 Å². The molecular weight excluding hydrogens is 418 g/mol. The van der Waals surface area contributed by atoms with E-state index in [1.165, 1.54) is 0 Å². The van der Waals surface area contributed by atoms with E-state index < -0.39 is 0 Å². The molecule has 0 saturated carbocycles. The van der Waals surface area contributed by atoms with E-state index in [1.54, 1.807) is 18.2 Å². The van der Waals surface area contributed by atoms with Gasteiger partial charge in [0.2, 0.25) is 5.91 Å². The number of aliphatic hydroxyl groups excluding tert-OH is 1. The highest BCUT2D eigenvalue weighted by Gasteiger charge is 2.16. The average molecular weight is 446 g/mol. The van der Waals surface area contributed by atoms with Crippen molar-refractivity contribution in [3.63, 3.8) is 0 Å². The molecule has 3 aromatic carbocycles. The Morgan fingerprint density at radius 3 is 2.27 bits per heavy atom. The van der Waals surface area contributed by atoms with Crippen LogP contribution in [0.15, 0.2) is 72.8 Å². The van der Waals surface area contributed by atoms with Gasteiger partial charge >= 0.3 is 0 Å². The quantitative estimate of drug-likeness (QED) is 0.519. The molecule has 3 N–H and O–H groups in total. The molecule has 4 rings (SSSR count). The van der Waals surface area contributed by atoms with Crippen molar-refractivity contribution in [1.29, 1.82) is 0 Å². The number of rotatable bonds is 7. The second kappa shape index (κ2) is 10.9. The first-order valence-corrected chi connectivity index (χ1v) is 10.9. The molecule has 1 aliphatic rings. The topological polar surface area (TPSA) is 90.9 Å². The number of nitrogens with zero attached hydrogens (tertiary/aromatic N) is 1. The van der Waals surface area contributed by atoms with Gasteiger partial charge in [-0.15, -0.1) is 0 Å². The maximum absolute atomic E-state index is 12.8. The first kappa shape index (κ1) is 22.7. The van der Waals surface area contributed by atoms with E-state index in [0.717, 1.165) is 11.1 Å². The Morgan fingerprint density at radius 2 is 1.58 bits per heavy atom. The normalized spacial score (nSPS) is 14.0. The molecule has 7 heteroatoms. The van der Waals surface area contributed by atoms with E-state index in [2.05, 4.69) is 10.6 Å². The molecule has 0 aromatic heterocycles. The molecule has 0 bridgehead atoms. The zero-order valence-electron chi connectivity index (χ0n) is 18.3. The van der Waals surface area contributed by atoms with Crippen molar-refractivity contribution in [3.05, 3.63) is 83.9 Å². The molecule has 0 unspecified atom stereocenters. The molecule has 3 aromatic rings. The summed E-state index contributed by atoms with van der Waals surface area (Å²) in [5.41, 5.74) is 4.21. The third-order valence-corrected chi connectivity index (χ3v) is 5.54. The zero-order chi connectivity index (χ0) is 23.0. The molecule has 170 valence electrons. The molecule has 1 fully saturated rings. The number of benzene rings is 3.